The number of anilines is 2. The number of amides is 1. The molecule has 2 aromatic rings. The molecule has 2 aromatic carbocycles. The van der Waals surface area contributed by atoms with Gasteiger partial charge in [0.25, 0.3) is 0 Å². The zero-order valence-electron chi connectivity index (χ0n) is 18.0. The van der Waals surface area contributed by atoms with E-state index in [1.807, 2.05) is 0 Å². The molecule has 0 aromatic heterocycles. The molecule has 2 heterocycles. The van der Waals surface area contributed by atoms with Gasteiger partial charge in [0, 0.05) is 37.9 Å². The molecule has 1 atom stereocenters. The fourth-order valence-corrected chi connectivity index (χ4v) is 5.23. The Kier molecular flexibility index (Phi) is 6.14. The first-order valence-electron chi connectivity index (χ1n) is 10.4. The summed E-state index contributed by atoms with van der Waals surface area (Å²) < 4.78 is 50.7. The Morgan fingerprint density at radius 2 is 1.62 bits per heavy atom. The molecule has 0 bridgehead atoms. The Hall–Kier alpha value is -3.01. The van der Waals surface area contributed by atoms with Gasteiger partial charge in [-0.15, -0.1) is 0 Å². The lowest BCUT2D eigenvalue weighted by atomic mass is 10.2. The van der Waals surface area contributed by atoms with Gasteiger partial charge in [0.15, 0.2) is 11.5 Å². The molecule has 8 nitrogen and oxygen atoms in total. The van der Waals surface area contributed by atoms with E-state index >= 15 is 0 Å². The van der Waals surface area contributed by atoms with Crippen molar-refractivity contribution in [2.24, 2.45) is 0 Å². The van der Waals surface area contributed by atoms with Crippen LogP contribution in [0.15, 0.2) is 42.5 Å². The largest absolute Gasteiger partial charge is 0.486 e. The molecule has 1 amide bonds. The second-order valence-corrected chi connectivity index (χ2v) is 9.71. The Labute approximate surface area is 187 Å². The lowest BCUT2D eigenvalue weighted by molar-refractivity contribution is -0.132. The quantitative estimate of drug-likeness (QED) is 0.676. The highest BCUT2D eigenvalue weighted by molar-refractivity contribution is 7.92. The van der Waals surface area contributed by atoms with Gasteiger partial charge in [-0.25, -0.2) is 12.8 Å². The molecule has 32 heavy (non-hydrogen) atoms. The lowest BCUT2D eigenvalue weighted by Gasteiger charge is -2.39. The summed E-state index contributed by atoms with van der Waals surface area (Å²) in [6.45, 7) is 4.44. The SMILES string of the molecule is C[C@H](C(=O)N1CCN(c2ccc(F)cc2)CC1)N(c1ccc2c(c1)OCCO2)S(C)(=O)=O. The highest BCUT2D eigenvalue weighted by Gasteiger charge is 2.34. The van der Waals surface area contributed by atoms with Gasteiger partial charge in [-0.1, -0.05) is 0 Å². The first kappa shape index (κ1) is 22.2. The smallest absolute Gasteiger partial charge is 0.246 e. The number of ether oxygens (including phenoxy) is 2. The summed E-state index contributed by atoms with van der Waals surface area (Å²) in [5.74, 6) is 0.430. The van der Waals surface area contributed by atoms with Crippen LogP contribution in [0.1, 0.15) is 6.92 Å². The molecular formula is C22H26FN3O5S. The topological polar surface area (TPSA) is 79.4 Å². The summed E-state index contributed by atoms with van der Waals surface area (Å²) in [6.07, 6.45) is 1.08. The maximum Gasteiger partial charge on any atom is 0.246 e. The van der Waals surface area contributed by atoms with Crippen molar-refractivity contribution in [2.75, 3.05) is 54.9 Å². The Balaban J connectivity index is 1.49. The van der Waals surface area contributed by atoms with Crippen LogP contribution in [-0.2, 0) is 14.8 Å². The highest BCUT2D eigenvalue weighted by atomic mass is 32.2. The van der Waals surface area contributed by atoms with E-state index in [4.69, 9.17) is 9.47 Å². The third-order valence-corrected chi connectivity index (χ3v) is 6.87. The third-order valence-electron chi connectivity index (χ3n) is 5.63. The minimum Gasteiger partial charge on any atom is -0.486 e. The number of carbonyl (C=O) groups is 1. The van der Waals surface area contributed by atoms with Crippen molar-refractivity contribution in [3.05, 3.63) is 48.3 Å². The maximum absolute atomic E-state index is 13.2. The molecule has 1 fully saturated rings. The predicted octanol–water partition coefficient (Wildman–Crippen LogP) is 2.10. The van der Waals surface area contributed by atoms with Crippen molar-refractivity contribution in [1.82, 2.24) is 4.90 Å². The molecule has 0 unspecified atom stereocenters. The van der Waals surface area contributed by atoms with Crippen LogP contribution in [0, 0.1) is 5.82 Å². The molecule has 0 aliphatic carbocycles. The zero-order chi connectivity index (χ0) is 22.9. The molecule has 2 aliphatic rings. The standard InChI is InChI=1S/C22H26FN3O5S/c1-16(22(27)25-11-9-24(10-12-25)18-5-3-17(23)4-6-18)26(32(2,28)29)19-7-8-20-21(15-19)31-14-13-30-20/h3-8,15-16H,9-14H2,1-2H3/t16-/m1/s1. The van der Waals surface area contributed by atoms with Gasteiger partial charge in [0.2, 0.25) is 15.9 Å². The summed E-state index contributed by atoms with van der Waals surface area (Å²) >= 11 is 0. The summed E-state index contributed by atoms with van der Waals surface area (Å²) in [4.78, 5) is 17.0. The molecule has 1 saturated heterocycles. The van der Waals surface area contributed by atoms with E-state index in [9.17, 15) is 17.6 Å². The first-order valence-corrected chi connectivity index (χ1v) is 12.3. The minimum absolute atomic E-state index is 0.274. The number of piperazine rings is 1. The van der Waals surface area contributed by atoms with E-state index in [2.05, 4.69) is 4.90 Å². The van der Waals surface area contributed by atoms with Gasteiger partial charge in [-0.05, 0) is 43.3 Å². The third kappa shape index (κ3) is 4.59. The number of hydrogen-bond acceptors (Lipinski definition) is 6. The number of fused-ring (bicyclic) bond motifs is 1. The maximum atomic E-state index is 13.2. The van der Waals surface area contributed by atoms with Crippen molar-refractivity contribution in [3.8, 4) is 11.5 Å². The van der Waals surface area contributed by atoms with Gasteiger partial charge in [-0.3, -0.25) is 9.10 Å². The fraction of sp³-hybridized carbons (Fsp3) is 0.409. The second-order valence-electron chi connectivity index (χ2n) is 7.85. The van der Waals surface area contributed by atoms with Crippen LogP contribution in [0.25, 0.3) is 0 Å². The van der Waals surface area contributed by atoms with E-state index in [0.717, 1.165) is 16.2 Å². The van der Waals surface area contributed by atoms with Crippen molar-refractivity contribution in [2.45, 2.75) is 13.0 Å². The minimum atomic E-state index is -3.74. The average molecular weight is 464 g/mol. The lowest BCUT2D eigenvalue weighted by Crippen LogP contribution is -2.55. The van der Waals surface area contributed by atoms with Crippen LogP contribution < -0.4 is 18.7 Å². The zero-order valence-corrected chi connectivity index (χ0v) is 18.8. The van der Waals surface area contributed by atoms with Crippen LogP contribution in [0.2, 0.25) is 0 Å². The van der Waals surface area contributed by atoms with Crippen molar-refractivity contribution in [3.63, 3.8) is 0 Å². The van der Waals surface area contributed by atoms with Crippen molar-refractivity contribution in [1.29, 1.82) is 0 Å². The molecule has 0 saturated carbocycles. The number of hydrogen-bond donors (Lipinski definition) is 0. The molecule has 0 radical (unpaired) electrons. The summed E-state index contributed by atoms with van der Waals surface area (Å²) in [7, 11) is -3.74. The van der Waals surface area contributed by atoms with Crippen LogP contribution in [0.5, 0.6) is 11.5 Å². The number of halogens is 1. The van der Waals surface area contributed by atoms with E-state index in [1.165, 1.54) is 12.1 Å². The predicted molar refractivity (Wildman–Crippen MR) is 119 cm³/mol. The molecule has 0 spiro atoms. The van der Waals surface area contributed by atoms with Crippen LogP contribution in [-0.4, -0.2) is 70.9 Å². The van der Waals surface area contributed by atoms with E-state index in [-0.39, 0.29) is 11.7 Å². The van der Waals surface area contributed by atoms with E-state index in [0.29, 0.717) is 56.6 Å². The molecular weight excluding hydrogens is 437 g/mol. The van der Waals surface area contributed by atoms with Gasteiger partial charge < -0.3 is 19.3 Å². The molecule has 10 heteroatoms. The molecule has 0 N–H and O–H groups in total. The van der Waals surface area contributed by atoms with Gasteiger partial charge in [0.1, 0.15) is 25.1 Å². The van der Waals surface area contributed by atoms with Crippen molar-refractivity contribution >= 4 is 27.3 Å². The normalized spacial score (nSPS) is 17.1. The summed E-state index contributed by atoms with van der Waals surface area (Å²) in [5.41, 5.74) is 1.24. The van der Waals surface area contributed by atoms with Crippen LogP contribution in [0.4, 0.5) is 15.8 Å². The highest BCUT2D eigenvalue weighted by Crippen LogP contribution is 2.35. The fourth-order valence-electron chi connectivity index (χ4n) is 4.07. The van der Waals surface area contributed by atoms with Gasteiger partial charge >= 0.3 is 0 Å². The number of benzene rings is 2. The number of carbonyl (C=O) groups excluding carboxylic acids is 1. The van der Waals surface area contributed by atoms with E-state index < -0.39 is 16.1 Å². The average Bonchev–Trinajstić information content (AvgIpc) is 2.78. The van der Waals surface area contributed by atoms with Gasteiger partial charge in [0.05, 0.1) is 11.9 Å². The molecule has 2 aliphatic heterocycles. The van der Waals surface area contributed by atoms with Crippen LogP contribution in [0.3, 0.4) is 0 Å². The number of nitrogens with zero attached hydrogens (tertiary/aromatic N) is 3. The molecule has 4 rings (SSSR count). The second kappa shape index (κ2) is 8.85. The Morgan fingerprint density at radius 1 is 1.00 bits per heavy atom. The summed E-state index contributed by atoms with van der Waals surface area (Å²) in [5, 5.41) is 0. The monoisotopic (exact) mass is 463 g/mol. The molecule has 172 valence electrons. The van der Waals surface area contributed by atoms with Crippen LogP contribution >= 0.6 is 0 Å². The number of sulfonamides is 1. The van der Waals surface area contributed by atoms with E-state index in [1.54, 1.807) is 42.2 Å². The Morgan fingerprint density at radius 3 is 2.25 bits per heavy atom. The van der Waals surface area contributed by atoms with Crippen molar-refractivity contribution < 1.29 is 27.1 Å². The Bertz CT molecular complexity index is 1090. The van der Waals surface area contributed by atoms with Gasteiger partial charge in [-0.2, -0.15) is 0 Å². The summed E-state index contributed by atoms with van der Waals surface area (Å²) in [6, 6.07) is 10.2. The first-order chi connectivity index (χ1) is 15.2. The number of rotatable bonds is 5.